The first-order valence-corrected chi connectivity index (χ1v) is 7.26. The molecule has 124 valence electrons. The lowest BCUT2D eigenvalue weighted by molar-refractivity contribution is -0.104. The summed E-state index contributed by atoms with van der Waals surface area (Å²) in [6, 6.07) is 15.0. The fourth-order valence-corrected chi connectivity index (χ4v) is 1.89. The van der Waals surface area contributed by atoms with Crippen LogP contribution in [0.25, 0.3) is 12.2 Å². The number of benzene rings is 2. The number of carbonyl (C=O) groups is 2. The zero-order valence-corrected chi connectivity index (χ0v) is 13.7. The number of rotatable bonds is 6. The van der Waals surface area contributed by atoms with Crippen LogP contribution in [0, 0.1) is 0 Å². The largest absolute Gasteiger partial charge is 0.496 e. The van der Waals surface area contributed by atoms with Crippen LogP contribution in [0.5, 0.6) is 11.5 Å². The van der Waals surface area contributed by atoms with Crippen molar-refractivity contribution in [2.75, 3.05) is 14.2 Å². The highest BCUT2D eigenvalue weighted by Gasteiger charge is 1.95. The lowest BCUT2D eigenvalue weighted by atomic mass is 10.2. The third kappa shape index (κ3) is 6.32. The molecule has 0 saturated carbocycles. The second-order valence-corrected chi connectivity index (χ2v) is 4.47. The number of aldehydes is 2. The van der Waals surface area contributed by atoms with Crippen LogP contribution in [0.1, 0.15) is 11.1 Å². The van der Waals surface area contributed by atoms with E-state index in [0.29, 0.717) is 0 Å². The first-order chi connectivity index (χ1) is 11.8. The molecule has 0 aromatic heterocycles. The van der Waals surface area contributed by atoms with Gasteiger partial charge in [-0.25, -0.2) is 0 Å². The van der Waals surface area contributed by atoms with Gasteiger partial charge in [0.25, 0.3) is 0 Å². The van der Waals surface area contributed by atoms with E-state index in [-0.39, 0.29) is 0 Å². The summed E-state index contributed by atoms with van der Waals surface area (Å²) < 4.78 is 10.2. The van der Waals surface area contributed by atoms with Crippen LogP contribution < -0.4 is 9.47 Å². The molecule has 0 spiro atoms. The summed E-state index contributed by atoms with van der Waals surface area (Å²) in [5.41, 5.74) is 1.82. The average Bonchev–Trinajstić information content (AvgIpc) is 2.65. The van der Waals surface area contributed by atoms with Gasteiger partial charge in [0.1, 0.15) is 24.1 Å². The van der Waals surface area contributed by atoms with Crippen LogP contribution in [0.15, 0.2) is 60.7 Å². The summed E-state index contributed by atoms with van der Waals surface area (Å²) in [5, 5.41) is 0. The Kier molecular flexibility index (Phi) is 9.01. The third-order valence-electron chi connectivity index (χ3n) is 2.99. The van der Waals surface area contributed by atoms with Crippen molar-refractivity contribution in [3.63, 3.8) is 0 Å². The van der Waals surface area contributed by atoms with Gasteiger partial charge in [-0.15, -0.1) is 0 Å². The van der Waals surface area contributed by atoms with Crippen LogP contribution in [0.2, 0.25) is 0 Å². The Morgan fingerprint density at radius 3 is 1.38 bits per heavy atom. The lowest BCUT2D eigenvalue weighted by Crippen LogP contribution is -1.85. The fourth-order valence-electron chi connectivity index (χ4n) is 1.89. The van der Waals surface area contributed by atoms with E-state index < -0.39 is 0 Å². The van der Waals surface area contributed by atoms with Gasteiger partial charge in [-0.1, -0.05) is 36.4 Å². The molecule has 0 amide bonds. The van der Waals surface area contributed by atoms with Gasteiger partial charge in [0.05, 0.1) is 14.2 Å². The molecule has 4 nitrogen and oxygen atoms in total. The lowest BCUT2D eigenvalue weighted by Gasteiger charge is -2.02. The normalized spacial score (nSPS) is 10.1. The number of methoxy groups -OCH3 is 2. The Balaban J connectivity index is 0.000000240. The predicted molar refractivity (Wildman–Crippen MR) is 96.2 cm³/mol. The smallest absolute Gasteiger partial charge is 0.142 e. The molecular formula is C20H20O4. The first kappa shape index (κ1) is 18.9. The number of allylic oxidation sites excluding steroid dienone is 2. The van der Waals surface area contributed by atoms with Gasteiger partial charge in [0.2, 0.25) is 0 Å². The Labute approximate surface area is 142 Å². The van der Waals surface area contributed by atoms with Gasteiger partial charge in [-0.3, -0.25) is 9.59 Å². The van der Waals surface area contributed by atoms with Crippen molar-refractivity contribution in [1.29, 1.82) is 0 Å². The van der Waals surface area contributed by atoms with Crippen molar-refractivity contribution in [2.24, 2.45) is 0 Å². The molecule has 0 saturated heterocycles. The summed E-state index contributed by atoms with van der Waals surface area (Å²) in [5.74, 6) is 1.55. The zero-order valence-electron chi connectivity index (χ0n) is 13.7. The fraction of sp³-hybridized carbons (Fsp3) is 0.100. The molecule has 24 heavy (non-hydrogen) atoms. The van der Waals surface area contributed by atoms with Gasteiger partial charge in [-0.05, 0) is 36.4 Å². The summed E-state index contributed by atoms with van der Waals surface area (Å²) in [6.45, 7) is 0. The summed E-state index contributed by atoms with van der Waals surface area (Å²) >= 11 is 0. The summed E-state index contributed by atoms with van der Waals surface area (Å²) in [6.07, 6.45) is 7.80. The highest BCUT2D eigenvalue weighted by Crippen LogP contribution is 2.18. The minimum Gasteiger partial charge on any atom is -0.496 e. The van der Waals surface area contributed by atoms with Gasteiger partial charge in [0, 0.05) is 11.1 Å². The number of para-hydroxylation sites is 2. The monoisotopic (exact) mass is 324 g/mol. The second kappa shape index (κ2) is 11.4. The molecule has 0 atom stereocenters. The molecule has 2 aromatic carbocycles. The van der Waals surface area contributed by atoms with E-state index in [1.807, 2.05) is 48.5 Å². The van der Waals surface area contributed by atoms with Crippen molar-refractivity contribution in [3.05, 3.63) is 71.8 Å². The van der Waals surface area contributed by atoms with Crippen molar-refractivity contribution in [2.45, 2.75) is 0 Å². The number of hydrogen-bond donors (Lipinski definition) is 0. The third-order valence-corrected chi connectivity index (χ3v) is 2.99. The highest BCUT2D eigenvalue weighted by molar-refractivity contribution is 5.75. The van der Waals surface area contributed by atoms with E-state index in [9.17, 15) is 9.59 Å². The standard InChI is InChI=1S/2C10H10O2/c2*1-12-10-7-3-2-5-9(10)6-4-8-11/h2*2-8H,1H3. The zero-order chi connectivity index (χ0) is 17.6. The van der Waals surface area contributed by atoms with Crippen molar-refractivity contribution in [1.82, 2.24) is 0 Å². The Morgan fingerprint density at radius 2 is 1.04 bits per heavy atom. The molecule has 0 N–H and O–H groups in total. The van der Waals surface area contributed by atoms with E-state index in [1.54, 1.807) is 26.4 Å². The van der Waals surface area contributed by atoms with Gasteiger partial charge >= 0.3 is 0 Å². The molecular weight excluding hydrogens is 304 g/mol. The molecule has 0 aliphatic heterocycles. The van der Waals surface area contributed by atoms with Crippen molar-refractivity contribution in [3.8, 4) is 11.5 Å². The maximum atomic E-state index is 10.1. The second-order valence-electron chi connectivity index (χ2n) is 4.47. The SMILES string of the molecule is COc1ccccc1C=CC=O.COc1ccccc1C=CC=O. The minimum absolute atomic E-state index is 0.742. The maximum Gasteiger partial charge on any atom is 0.142 e. The van der Waals surface area contributed by atoms with Gasteiger partial charge < -0.3 is 9.47 Å². The molecule has 0 radical (unpaired) electrons. The number of ether oxygens (including phenoxy) is 2. The minimum atomic E-state index is 0.742. The van der Waals surface area contributed by atoms with E-state index in [4.69, 9.17) is 9.47 Å². The number of hydrogen-bond acceptors (Lipinski definition) is 4. The maximum absolute atomic E-state index is 10.1. The molecule has 0 bridgehead atoms. The van der Waals surface area contributed by atoms with Crippen LogP contribution >= 0.6 is 0 Å². The molecule has 0 heterocycles. The van der Waals surface area contributed by atoms with E-state index in [1.165, 1.54) is 12.2 Å². The number of carbonyl (C=O) groups excluding carboxylic acids is 2. The topological polar surface area (TPSA) is 52.6 Å². The Morgan fingerprint density at radius 1 is 0.667 bits per heavy atom. The van der Waals surface area contributed by atoms with Crippen LogP contribution in [0.3, 0.4) is 0 Å². The van der Waals surface area contributed by atoms with Crippen LogP contribution in [-0.4, -0.2) is 26.8 Å². The van der Waals surface area contributed by atoms with Crippen LogP contribution in [-0.2, 0) is 9.59 Å². The van der Waals surface area contributed by atoms with Crippen molar-refractivity contribution >= 4 is 24.7 Å². The van der Waals surface area contributed by atoms with E-state index in [2.05, 4.69) is 0 Å². The molecule has 4 heteroatoms. The van der Waals surface area contributed by atoms with E-state index in [0.717, 1.165) is 35.2 Å². The summed E-state index contributed by atoms with van der Waals surface area (Å²) in [4.78, 5) is 20.1. The summed E-state index contributed by atoms with van der Waals surface area (Å²) in [7, 11) is 3.21. The molecule has 2 aromatic rings. The van der Waals surface area contributed by atoms with Crippen molar-refractivity contribution < 1.29 is 19.1 Å². The van der Waals surface area contributed by atoms with E-state index >= 15 is 0 Å². The van der Waals surface area contributed by atoms with Gasteiger partial charge in [-0.2, -0.15) is 0 Å². The molecule has 0 aliphatic rings. The highest BCUT2D eigenvalue weighted by atomic mass is 16.5. The molecule has 0 unspecified atom stereocenters. The average molecular weight is 324 g/mol. The molecule has 2 rings (SSSR count). The Bertz CT molecular complexity index is 641. The first-order valence-electron chi connectivity index (χ1n) is 7.26. The van der Waals surface area contributed by atoms with Gasteiger partial charge in [0.15, 0.2) is 0 Å². The molecule has 0 fully saturated rings. The van der Waals surface area contributed by atoms with Crippen LogP contribution in [0.4, 0.5) is 0 Å². The quantitative estimate of drug-likeness (QED) is 0.599. The Hall–Kier alpha value is -3.14. The predicted octanol–water partition coefficient (Wildman–Crippen LogP) is 3.81. The molecule has 0 aliphatic carbocycles.